The summed E-state index contributed by atoms with van der Waals surface area (Å²) in [5.74, 6) is -0.0443. The van der Waals surface area contributed by atoms with Crippen molar-refractivity contribution in [1.29, 1.82) is 0 Å². The summed E-state index contributed by atoms with van der Waals surface area (Å²) in [6, 6.07) is 12.0. The molecule has 1 amide bonds. The molecule has 2 heterocycles. The molecule has 2 aliphatic rings. The second-order valence-corrected chi connectivity index (χ2v) is 11.0. The number of hydrogen-bond acceptors (Lipinski definition) is 6. The zero-order chi connectivity index (χ0) is 20.6. The van der Waals surface area contributed by atoms with Gasteiger partial charge in [-0.2, -0.15) is 0 Å². The molecule has 1 saturated heterocycles. The SMILES string of the molecule is O=C(NCc1ccccc1Cl)c1ccc(Cl)c(NC2=N[C@@H]3CS(=O)(=O)C[C@H]3S2)c1. The van der Waals surface area contributed by atoms with Crippen LogP contribution in [0.15, 0.2) is 47.5 Å². The minimum atomic E-state index is -3.00. The Balaban J connectivity index is 1.44. The Morgan fingerprint density at radius 3 is 2.69 bits per heavy atom. The number of carbonyl (C=O) groups excluding carboxylic acids is 1. The Labute approximate surface area is 183 Å². The fourth-order valence-electron chi connectivity index (χ4n) is 3.21. The lowest BCUT2D eigenvalue weighted by atomic mass is 10.1. The molecule has 2 N–H and O–H groups in total. The molecule has 0 aromatic heterocycles. The molecular weight excluding hydrogens is 453 g/mol. The van der Waals surface area contributed by atoms with Crippen LogP contribution in [-0.2, 0) is 16.4 Å². The van der Waals surface area contributed by atoms with Crippen molar-refractivity contribution in [2.75, 3.05) is 16.8 Å². The number of hydrogen-bond donors (Lipinski definition) is 2. The molecule has 6 nitrogen and oxygen atoms in total. The van der Waals surface area contributed by atoms with Gasteiger partial charge in [0.1, 0.15) is 0 Å². The fraction of sp³-hybridized carbons (Fsp3) is 0.263. The maximum atomic E-state index is 12.5. The first-order chi connectivity index (χ1) is 13.8. The van der Waals surface area contributed by atoms with Crippen LogP contribution in [0.25, 0.3) is 0 Å². The Morgan fingerprint density at radius 2 is 1.93 bits per heavy atom. The first-order valence-electron chi connectivity index (χ1n) is 8.84. The number of amidine groups is 1. The van der Waals surface area contributed by atoms with Gasteiger partial charge < -0.3 is 10.6 Å². The van der Waals surface area contributed by atoms with Gasteiger partial charge in [0.05, 0.1) is 28.3 Å². The van der Waals surface area contributed by atoms with E-state index in [1.165, 1.54) is 11.8 Å². The zero-order valence-corrected chi connectivity index (χ0v) is 18.2. The fourth-order valence-corrected chi connectivity index (χ4v) is 7.25. The lowest BCUT2D eigenvalue weighted by molar-refractivity contribution is 0.0951. The standard InChI is InChI=1S/C19H17Cl2N3O3S2/c20-13-4-2-1-3-12(13)8-22-18(25)11-5-6-14(21)15(7-11)23-19-24-16-9-29(26,27)10-17(16)28-19/h1-7,16-17H,8-10H2,(H,22,25)(H,23,24)/t16-,17-/m1/s1. The van der Waals surface area contributed by atoms with E-state index in [1.807, 2.05) is 18.2 Å². The second-order valence-electron chi connectivity index (χ2n) is 6.83. The minimum Gasteiger partial charge on any atom is -0.348 e. The van der Waals surface area contributed by atoms with E-state index in [0.29, 0.717) is 33.0 Å². The summed E-state index contributed by atoms with van der Waals surface area (Å²) in [6.07, 6.45) is 0. The lowest BCUT2D eigenvalue weighted by Crippen LogP contribution is -2.23. The number of amides is 1. The number of nitrogens with zero attached hydrogens (tertiary/aromatic N) is 1. The van der Waals surface area contributed by atoms with E-state index >= 15 is 0 Å². The van der Waals surface area contributed by atoms with Crippen molar-refractivity contribution in [1.82, 2.24) is 5.32 Å². The van der Waals surface area contributed by atoms with Gasteiger partial charge in [0, 0.05) is 22.4 Å². The predicted molar refractivity (Wildman–Crippen MR) is 119 cm³/mol. The second kappa shape index (κ2) is 8.18. The smallest absolute Gasteiger partial charge is 0.251 e. The Kier molecular flexibility index (Phi) is 5.79. The number of anilines is 1. The Hall–Kier alpha value is -1.74. The van der Waals surface area contributed by atoms with Crippen LogP contribution in [-0.4, -0.2) is 42.3 Å². The molecule has 29 heavy (non-hydrogen) atoms. The normalized spacial score (nSPS) is 22.1. The third-order valence-electron chi connectivity index (χ3n) is 4.69. The van der Waals surface area contributed by atoms with E-state index in [-0.39, 0.29) is 28.7 Å². The van der Waals surface area contributed by atoms with Gasteiger partial charge in [-0.15, -0.1) is 0 Å². The molecule has 2 aliphatic heterocycles. The van der Waals surface area contributed by atoms with Crippen LogP contribution in [0.2, 0.25) is 10.0 Å². The molecule has 0 bridgehead atoms. The lowest BCUT2D eigenvalue weighted by Gasteiger charge is -2.11. The number of thioether (sulfide) groups is 1. The van der Waals surface area contributed by atoms with Gasteiger partial charge in [-0.1, -0.05) is 53.2 Å². The Bertz CT molecular complexity index is 1110. The van der Waals surface area contributed by atoms with E-state index < -0.39 is 9.84 Å². The van der Waals surface area contributed by atoms with Crippen molar-refractivity contribution in [3.05, 3.63) is 63.6 Å². The minimum absolute atomic E-state index is 0.0663. The average Bonchev–Trinajstić information content (AvgIpc) is 3.15. The number of aliphatic imine (C=N–C) groups is 1. The monoisotopic (exact) mass is 469 g/mol. The first kappa shape index (κ1) is 20.5. The maximum absolute atomic E-state index is 12.5. The highest BCUT2D eigenvalue weighted by Crippen LogP contribution is 2.35. The number of nitrogens with one attached hydrogen (secondary N) is 2. The van der Waals surface area contributed by atoms with Crippen molar-refractivity contribution in [2.24, 2.45) is 4.99 Å². The van der Waals surface area contributed by atoms with Crippen molar-refractivity contribution in [3.8, 4) is 0 Å². The molecule has 4 rings (SSSR count). The molecular formula is C19H17Cl2N3O3S2. The average molecular weight is 470 g/mol. The van der Waals surface area contributed by atoms with Gasteiger partial charge >= 0.3 is 0 Å². The summed E-state index contributed by atoms with van der Waals surface area (Å²) in [6.45, 7) is 0.310. The van der Waals surface area contributed by atoms with Gasteiger partial charge in [-0.3, -0.25) is 9.79 Å². The van der Waals surface area contributed by atoms with Crippen molar-refractivity contribution >= 4 is 61.6 Å². The van der Waals surface area contributed by atoms with Crippen LogP contribution in [0.5, 0.6) is 0 Å². The topological polar surface area (TPSA) is 87.6 Å². The maximum Gasteiger partial charge on any atom is 0.251 e. The van der Waals surface area contributed by atoms with Gasteiger partial charge in [0.25, 0.3) is 5.91 Å². The highest BCUT2D eigenvalue weighted by Gasteiger charge is 2.42. The van der Waals surface area contributed by atoms with Gasteiger partial charge in [-0.05, 0) is 29.8 Å². The summed E-state index contributed by atoms with van der Waals surface area (Å²) in [5.41, 5.74) is 1.81. The largest absolute Gasteiger partial charge is 0.348 e. The molecule has 0 saturated carbocycles. The highest BCUT2D eigenvalue weighted by atomic mass is 35.5. The summed E-state index contributed by atoms with van der Waals surface area (Å²) in [4.78, 5) is 17.0. The summed E-state index contributed by atoms with van der Waals surface area (Å²) in [7, 11) is -3.00. The summed E-state index contributed by atoms with van der Waals surface area (Å²) in [5, 5.41) is 7.56. The first-order valence-corrected chi connectivity index (χ1v) is 12.3. The molecule has 0 spiro atoms. The van der Waals surface area contributed by atoms with Crippen LogP contribution in [0, 0.1) is 0 Å². The number of fused-ring (bicyclic) bond motifs is 1. The van der Waals surface area contributed by atoms with E-state index in [0.717, 1.165) is 5.56 Å². The van der Waals surface area contributed by atoms with E-state index in [4.69, 9.17) is 23.2 Å². The molecule has 152 valence electrons. The van der Waals surface area contributed by atoms with Gasteiger partial charge in [-0.25, -0.2) is 8.42 Å². The molecule has 0 radical (unpaired) electrons. The molecule has 0 aliphatic carbocycles. The Morgan fingerprint density at radius 1 is 1.14 bits per heavy atom. The predicted octanol–water partition coefficient (Wildman–Crippen LogP) is 3.60. The van der Waals surface area contributed by atoms with E-state index in [9.17, 15) is 13.2 Å². The van der Waals surface area contributed by atoms with Gasteiger partial charge in [0.2, 0.25) is 0 Å². The zero-order valence-electron chi connectivity index (χ0n) is 15.1. The van der Waals surface area contributed by atoms with Crippen molar-refractivity contribution < 1.29 is 13.2 Å². The van der Waals surface area contributed by atoms with Crippen LogP contribution in [0.4, 0.5) is 5.69 Å². The molecule has 10 heteroatoms. The number of carbonyl (C=O) groups is 1. The number of sulfone groups is 1. The van der Waals surface area contributed by atoms with Crippen LogP contribution in [0.1, 0.15) is 15.9 Å². The molecule has 2 aromatic carbocycles. The molecule has 2 atom stereocenters. The van der Waals surface area contributed by atoms with Crippen LogP contribution < -0.4 is 10.6 Å². The highest BCUT2D eigenvalue weighted by molar-refractivity contribution is 8.15. The van der Waals surface area contributed by atoms with Gasteiger partial charge in [0.15, 0.2) is 15.0 Å². The third-order valence-corrected chi connectivity index (χ3v) is 8.53. The number of benzene rings is 2. The molecule has 1 fully saturated rings. The number of rotatable bonds is 4. The van der Waals surface area contributed by atoms with Crippen LogP contribution >= 0.6 is 35.0 Å². The molecule has 2 aromatic rings. The summed E-state index contributed by atoms with van der Waals surface area (Å²) >= 11 is 13.8. The van der Waals surface area contributed by atoms with E-state index in [1.54, 1.807) is 24.3 Å². The number of halogens is 2. The quantitative estimate of drug-likeness (QED) is 0.713. The van der Waals surface area contributed by atoms with E-state index in [2.05, 4.69) is 15.6 Å². The van der Waals surface area contributed by atoms with Crippen LogP contribution in [0.3, 0.4) is 0 Å². The molecule has 0 unspecified atom stereocenters. The van der Waals surface area contributed by atoms with Crippen molar-refractivity contribution in [3.63, 3.8) is 0 Å². The third kappa shape index (κ3) is 4.71. The van der Waals surface area contributed by atoms with Crippen molar-refractivity contribution in [2.45, 2.75) is 17.8 Å². The summed E-state index contributed by atoms with van der Waals surface area (Å²) < 4.78 is 23.4.